The Morgan fingerprint density at radius 3 is 1.12 bits per heavy atom. The number of rotatable bonds is 17. The summed E-state index contributed by atoms with van der Waals surface area (Å²) in [5.74, 6) is 3.62. The van der Waals surface area contributed by atoms with Crippen LogP contribution in [-0.2, 0) is 31.2 Å². The van der Waals surface area contributed by atoms with Crippen LogP contribution in [-0.4, -0.2) is 90.5 Å². The van der Waals surface area contributed by atoms with Gasteiger partial charge in [-0.1, -0.05) is 178 Å². The highest BCUT2D eigenvalue weighted by atomic mass is 28.4. The van der Waals surface area contributed by atoms with Crippen molar-refractivity contribution in [3.05, 3.63) is 156 Å². The van der Waals surface area contributed by atoms with Gasteiger partial charge >= 0.3 is 0 Å². The highest BCUT2D eigenvalue weighted by Crippen LogP contribution is 2.50. The van der Waals surface area contributed by atoms with Gasteiger partial charge in [0.15, 0.2) is 23.0 Å². The molecule has 2 aliphatic rings. The summed E-state index contributed by atoms with van der Waals surface area (Å²) in [5.41, 5.74) is 3.86. The quantitative estimate of drug-likeness (QED) is 0.0535. The van der Waals surface area contributed by atoms with Crippen molar-refractivity contribution in [2.24, 2.45) is 0 Å². The third kappa shape index (κ3) is 12.8. The fraction of sp³-hybridized carbons (Fsp3) is 0.438. The fourth-order valence-corrected chi connectivity index (χ4v) is 21.0. The summed E-state index contributed by atoms with van der Waals surface area (Å²) in [4.78, 5) is 0. The van der Waals surface area contributed by atoms with E-state index in [9.17, 15) is 5.11 Å². The molecule has 2 unspecified atom stereocenters. The van der Waals surface area contributed by atoms with E-state index in [2.05, 4.69) is 163 Å². The second-order valence-corrected chi connectivity index (χ2v) is 29.9. The lowest BCUT2D eigenvalue weighted by Crippen LogP contribution is -2.67. The molecule has 13 heteroatoms. The van der Waals surface area contributed by atoms with Crippen molar-refractivity contribution >= 4 is 37.4 Å². The molecule has 0 spiro atoms. The molecule has 0 radical (unpaired) electrons. The molecule has 0 bridgehead atoms. The Bertz CT molecular complexity index is 2670. The van der Waals surface area contributed by atoms with Gasteiger partial charge in [-0.3, -0.25) is 0 Å². The first kappa shape index (κ1) is 62.2. The van der Waals surface area contributed by atoms with E-state index in [-0.39, 0.29) is 50.0 Å². The number of methoxy groups -OCH3 is 7. The summed E-state index contributed by atoms with van der Waals surface area (Å²) < 4.78 is 60.8. The lowest BCUT2D eigenvalue weighted by Gasteiger charge is -2.45. The van der Waals surface area contributed by atoms with Crippen molar-refractivity contribution in [1.82, 2.24) is 0 Å². The van der Waals surface area contributed by atoms with Crippen LogP contribution in [0.5, 0.6) is 34.5 Å². The minimum absolute atomic E-state index is 0. The van der Waals surface area contributed by atoms with Gasteiger partial charge in [-0.15, -0.1) is 0 Å². The highest BCUT2D eigenvalue weighted by Gasteiger charge is 2.53. The van der Waals surface area contributed by atoms with E-state index in [0.717, 1.165) is 41.5 Å². The average molecular weight is 1090 g/mol. The lowest BCUT2D eigenvalue weighted by molar-refractivity contribution is -0.0842. The van der Waals surface area contributed by atoms with Crippen LogP contribution in [0.4, 0.5) is 0 Å². The lowest BCUT2D eigenvalue weighted by atomic mass is 9.98. The third-order valence-electron chi connectivity index (χ3n) is 14.9. The Morgan fingerprint density at radius 2 is 0.792 bits per heavy atom. The first-order valence-electron chi connectivity index (χ1n) is 26.1. The van der Waals surface area contributed by atoms with Gasteiger partial charge in [0.25, 0.3) is 16.6 Å². The molecule has 77 heavy (non-hydrogen) atoms. The van der Waals surface area contributed by atoms with Crippen molar-refractivity contribution in [2.75, 3.05) is 56.6 Å². The van der Waals surface area contributed by atoms with Crippen molar-refractivity contribution in [3.8, 4) is 34.5 Å². The molecule has 2 aliphatic carbocycles. The molecule has 1 N–H and O–H groups in total. The number of fused-ring (bicyclic) bond motifs is 2. The first-order chi connectivity index (χ1) is 36.1. The number of aliphatic hydroxyl groups excluding tert-OH is 1. The van der Waals surface area contributed by atoms with Crippen LogP contribution in [0.2, 0.25) is 10.1 Å². The Morgan fingerprint density at radius 1 is 0.455 bits per heavy atom. The van der Waals surface area contributed by atoms with Crippen molar-refractivity contribution in [2.45, 2.75) is 129 Å². The van der Waals surface area contributed by atoms with E-state index >= 15 is 0 Å². The van der Waals surface area contributed by atoms with Gasteiger partial charge in [-0.2, -0.15) is 0 Å². The SMILES string of the molecule is C.C.COCOC1C[C@@H](O[Si](c2ccccc2)(c2ccccc2)C(C)(C)C)CCc2c1cc(OC)c(OC)c2OC.COc1cc2c(c(OC)c1OC)CC[C@H](O[Si](c1ccccc1)(c1ccccc1)C(C)(C)C)CC2O. The summed E-state index contributed by atoms with van der Waals surface area (Å²) in [5, 5.41) is 16.2. The van der Waals surface area contributed by atoms with Gasteiger partial charge in [0.2, 0.25) is 11.5 Å². The van der Waals surface area contributed by atoms with Crippen molar-refractivity contribution in [3.63, 3.8) is 0 Å². The van der Waals surface area contributed by atoms with Gasteiger partial charge in [-0.05, 0) is 79.8 Å². The summed E-state index contributed by atoms with van der Waals surface area (Å²) in [6.45, 7) is 13.9. The van der Waals surface area contributed by atoms with Crippen LogP contribution in [0.1, 0.15) is 117 Å². The van der Waals surface area contributed by atoms with E-state index in [0.29, 0.717) is 53.8 Å². The van der Waals surface area contributed by atoms with Crippen LogP contribution in [0.25, 0.3) is 0 Å². The maximum Gasteiger partial charge on any atom is 0.261 e. The van der Waals surface area contributed by atoms with E-state index in [1.807, 2.05) is 12.1 Å². The Balaban J connectivity index is 0.000000278. The van der Waals surface area contributed by atoms with Crippen molar-refractivity contribution < 1.29 is 51.9 Å². The largest absolute Gasteiger partial charge is 0.493 e. The number of ether oxygens (including phenoxy) is 8. The third-order valence-corrected chi connectivity index (χ3v) is 25.1. The topological polar surface area (TPSA) is 113 Å². The molecule has 6 aromatic carbocycles. The Labute approximate surface area is 463 Å². The smallest absolute Gasteiger partial charge is 0.261 e. The molecule has 0 heterocycles. The monoisotopic (exact) mass is 1090 g/mol. The molecule has 0 saturated carbocycles. The van der Waals surface area contributed by atoms with Crippen LogP contribution in [0, 0.1) is 0 Å². The minimum atomic E-state index is -2.75. The van der Waals surface area contributed by atoms with Gasteiger partial charge in [0.1, 0.15) is 6.79 Å². The van der Waals surface area contributed by atoms with Gasteiger partial charge < -0.3 is 51.9 Å². The van der Waals surface area contributed by atoms with Crippen LogP contribution in [0.3, 0.4) is 0 Å². The van der Waals surface area contributed by atoms with E-state index in [1.54, 1.807) is 49.8 Å². The zero-order valence-corrected chi connectivity index (χ0v) is 48.5. The summed E-state index contributed by atoms with van der Waals surface area (Å²) in [6, 6.07) is 46.7. The Hall–Kier alpha value is -5.65. The van der Waals surface area contributed by atoms with Gasteiger partial charge in [0, 0.05) is 43.3 Å². The van der Waals surface area contributed by atoms with Gasteiger partial charge in [0.05, 0.1) is 54.9 Å². The predicted molar refractivity (Wildman–Crippen MR) is 317 cm³/mol. The molecular formula is C64H88O11Si2. The zero-order chi connectivity index (χ0) is 54.0. The summed E-state index contributed by atoms with van der Waals surface area (Å²) in [6.07, 6.45) is 3.05. The molecule has 0 amide bonds. The normalized spacial score (nSPS) is 17.5. The number of hydrogen-bond donors (Lipinski definition) is 1. The molecular weight excluding hydrogens is 1000 g/mol. The Kier molecular flexibility index (Phi) is 22.0. The molecule has 8 rings (SSSR count). The first-order valence-corrected chi connectivity index (χ1v) is 29.9. The van der Waals surface area contributed by atoms with Crippen LogP contribution >= 0.6 is 0 Å². The molecule has 4 atom stereocenters. The molecule has 418 valence electrons. The number of aliphatic hydroxyl groups is 1. The standard InChI is InChI=1S/C32H42O6Si.C30H38O5Si.2CH4/c1-32(2,3)39(24-14-10-8-11-15-24,25-16-12-9-13-17-25)38-23-18-19-26-27(28(20-23)37-22-33-4)21-29(34-5)31(36-7)30(26)35-6;1-30(2,3)36(22-13-9-7-10-14-22,23-15-11-8-12-16-23)35-21-17-18-24-25(26(31)19-21)20-27(32-4)29(34-6)28(24)33-5;;/h8-17,21,23,28H,18-20,22H2,1-7H3;7-16,20-21,26,31H,17-19H2,1-6H3;2*1H4/t23-,28?;21-,26?;;/m00../s1. The van der Waals surface area contributed by atoms with Crippen molar-refractivity contribution in [1.29, 1.82) is 0 Å². The molecule has 0 aliphatic heterocycles. The molecule has 0 fully saturated rings. The van der Waals surface area contributed by atoms with E-state index in [4.69, 9.17) is 46.7 Å². The van der Waals surface area contributed by atoms with Crippen LogP contribution in [0.15, 0.2) is 133 Å². The van der Waals surface area contributed by atoms with E-state index in [1.165, 1.54) is 20.7 Å². The number of hydrogen-bond acceptors (Lipinski definition) is 11. The molecule has 11 nitrogen and oxygen atoms in total. The molecule has 0 saturated heterocycles. The molecule has 6 aromatic rings. The molecule has 0 aromatic heterocycles. The van der Waals surface area contributed by atoms with Crippen LogP contribution < -0.4 is 49.2 Å². The predicted octanol–water partition coefficient (Wildman–Crippen LogP) is 12.0. The maximum absolute atomic E-state index is 11.4. The highest BCUT2D eigenvalue weighted by molar-refractivity contribution is 7.00. The van der Waals surface area contributed by atoms with E-state index < -0.39 is 22.7 Å². The summed E-state index contributed by atoms with van der Waals surface area (Å²) in [7, 11) is 5.93. The second-order valence-electron chi connectivity index (χ2n) is 21.4. The average Bonchev–Trinajstić information content (AvgIpc) is 3.70. The summed E-state index contributed by atoms with van der Waals surface area (Å²) >= 11 is 0. The second kappa shape index (κ2) is 27.3. The maximum atomic E-state index is 11.4. The number of benzene rings is 6. The zero-order valence-electron chi connectivity index (χ0n) is 46.5. The van der Waals surface area contributed by atoms with Gasteiger partial charge in [-0.25, -0.2) is 0 Å². The minimum Gasteiger partial charge on any atom is -0.493 e. The fourth-order valence-electron chi connectivity index (χ4n) is 11.6.